The Morgan fingerprint density at radius 2 is 1.82 bits per heavy atom. The molecule has 0 radical (unpaired) electrons. The minimum Gasteiger partial charge on any atom is -0.299 e. The number of carbonyl (C=O) groups excluding carboxylic acids is 2. The molecule has 6 unspecified atom stereocenters. The van der Waals surface area contributed by atoms with E-state index in [0.717, 1.165) is 32.1 Å². The molecular weight excluding hydrogens is 272 g/mol. The van der Waals surface area contributed by atoms with Crippen LogP contribution in [0.25, 0.3) is 0 Å². The Morgan fingerprint density at radius 3 is 2.59 bits per heavy atom. The highest BCUT2D eigenvalue weighted by Crippen LogP contribution is 2.65. The van der Waals surface area contributed by atoms with Gasteiger partial charge in [-0.3, -0.25) is 9.59 Å². The molecule has 0 aromatic heterocycles. The number of carbonyl (C=O) groups is 2. The number of rotatable bonds is 0. The number of Topliss-reactive ketones (excluding diaryl/α,β-unsaturated/α-hetero) is 1. The third kappa shape index (κ3) is 1.73. The van der Waals surface area contributed by atoms with Crippen molar-refractivity contribution in [3.63, 3.8) is 0 Å². The lowest BCUT2D eigenvalue weighted by atomic mass is 9.47. The molecule has 3 saturated carbocycles. The smallest absolute Gasteiger partial charge is 0.155 e. The van der Waals surface area contributed by atoms with Crippen LogP contribution < -0.4 is 0 Å². The molecular formula is C20H28O2. The highest BCUT2D eigenvalue weighted by molar-refractivity contribution is 5.91. The van der Waals surface area contributed by atoms with Gasteiger partial charge in [0.15, 0.2) is 5.78 Å². The number of fused-ring (bicyclic) bond motifs is 5. The maximum atomic E-state index is 12.6. The van der Waals surface area contributed by atoms with Gasteiger partial charge in [0, 0.05) is 18.3 Å². The van der Waals surface area contributed by atoms with Crippen LogP contribution in [0, 0.1) is 34.5 Å². The van der Waals surface area contributed by atoms with E-state index in [1.807, 2.05) is 6.08 Å². The van der Waals surface area contributed by atoms with E-state index in [1.165, 1.54) is 18.4 Å². The zero-order valence-electron chi connectivity index (χ0n) is 14.2. The first-order valence-electron chi connectivity index (χ1n) is 9.13. The number of hydrogen-bond acceptors (Lipinski definition) is 2. The van der Waals surface area contributed by atoms with Crippen molar-refractivity contribution in [1.29, 1.82) is 0 Å². The summed E-state index contributed by atoms with van der Waals surface area (Å²) in [5, 5.41) is 0. The molecule has 0 aromatic rings. The molecule has 2 nitrogen and oxygen atoms in total. The molecule has 0 saturated heterocycles. The maximum Gasteiger partial charge on any atom is 0.155 e. The molecule has 0 amide bonds. The average Bonchev–Trinajstić information content (AvgIpc) is 2.70. The lowest BCUT2D eigenvalue weighted by molar-refractivity contribution is -0.133. The van der Waals surface area contributed by atoms with Gasteiger partial charge in [0.2, 0.25) is 0 Å². The van der Waals surface area contributed by atoms with E-state index in [0.29, 0.717) is 35.2 Å². The van der Waals surface area contributed by atoms with Gasteiger partial charge in [-0.25, -0.2) is 0 Å². The summed E-state index contributed by atoms with van der Waals surface area (Å²) < 4.78 is 0. The molecule has 4 rings (SSSR count). The van der Waals surface area contributed by atoms with Gasteiger partial charge in [0.25, 0.3) is 0 Å². The maximum absolute atomic E-state index is 12.6. The minimum atomic E-state index is -0.0529. The van der Waals surface area contributed by atoms with Crippen molar-refractivity contribution in [2.75, 3.05) is 0 Å². The first-order chi connectivity index (χ1) is 10.4. The predicted octanol–water partition coefficient (Wildman–Crippen LogP) is 4.33. The van der Waals surface area contributed by atoms with Crippen LogP contribution in [-0.4, -0.2) is 11.6 Å². The van der Waals surface area contributed by atoms with Crippen LogP contribution in [0.4, 0.5) is 0 Å². The SMILES string of the molecule is CC1CC(=O)C2(C)CCC3C(CCC4=CC(=O)CCC43C)C12. The summed E-state index contributed by atoms with van der Waals surface area (Å²) in [4.78, 5) is 24.4. The van der Waals surface area contributed by atoms with Gasteiger partial charge in [-0.1, -0.05) is 26.3 Å². The van der Waals surface area contributed by atoms with Gasteiger partial charge in [-0.05, 0) is 67.3 Å². The van der Waals surface area contributed by atoms with Gasteiger partial charge in [0.05, 0.1) is 0 Å². The van der Waals surface area contributed by atoms with E-state index < -0.39 is 0 Å². The van der Waals surface area contributed by atoms with Crippen molar-refractivity contribution in [1.82, 2.24) is 0 Å². The first-order valence-corrected chi connectivity index (χ1v) is 9.13. The normalized spacial score (nSPS) is 51.0. The fourth-order valence-electron chi connectivity index (χ4n) is 6.84. The molecule has 0 heterocycles. The molecule has 4 aliphatic carbocycles. The third-order valence-corrected chi connectivity index (χ3v) is 7.97. The van der Waals surface area contributed by atoms with Crippen LogP contribution in [0.2, 0.25) is 0 Å². The predicted molar refractivity (Wildman–Crippen MR) is 86.3 cm³/mol. The molecule has 6 atom stereocenters. The Kier molecular flexibility index (Phi) is 3.03. The van der Waals surface area contributed by atoms with E-state index in [-0.39, 0.29) is 10.8 Å². The minimum absolute atomic E-state index is 0.0529. The van der Waals surface area contributed by atoms with E-state index in [9.17, 15) is 9.59 Å². The largest absolute Gasteiger partial charge is 0.299 e. The van der Waals surface area contributed by atoms with Crippen LogP contribution in [0.15, 0.2) is 11.6 Å². The Hall–Kier alpha value is -0.920. The van der Waals surface area contributed by atoms with E-state index in [2.05, 4.69) is 20.8 Å². The second-order valence-corrected chi connectivity index (χ2v) is 8.95. The molecule has 22 heavy (non-hydrogen) atoms. The molecule has 120 valence electrons. The van der Waals surface area contributed by atoms with Crippen LogP contribution in [0.5, 0.6) is 0 Å². The Labute approximate surface area is 133 Å². The molecule has 4 aliphatic rings. The monoisotopic (exact) mass is 300 g/mol. The lowest BCUT2D eigenvalue weighted by Crippen LogP contribution is -2.51. The van der Waals surface area contributed by atoms with Gasteiger partial charge in [-0.2, -0.15) is 0 Å². The van der Waals surface area contributed by atoms with Crippen LogP contribution in [0.1, 0.15) is 65.7 Å². The number of hydrogen-bond donors (Lipinski definition) is 0. The Morgan fingerprint density at radius 1 is 1.05 bits per heavy atom. The van der Waals surface area contributed by atoms with E-state index >= 15 is 0 Å². The molecule has 0 spiro atoms. The fourth-order valence-corrected chi connectivity index (χ4v) is 6.84. The van der Waals surface area contributed by atoms with Crippen molar-refractivity contribution < 1.29 is 9.59 Å². The highest BCUT2D eigenvalue weighted by Gasteiger charge is 2.60. The van der Waals surface area contributed by atoms with Gasteiger partial charge >= 0.3 is 0 Å². The summed E-state index contributed by atoms with van der Waals surface area (Å²) in [6.45, 7) is 6.96. The average molecular weight is 300 g/mol. The van der Waals surface area contributed by atoms with Crippen LogP contribution in [-0.2, 0) is 9.59 Å². The van der Waals surface area contributed by atoms with Crippen LogP contribution >= 0.6 is 0 Å². The molecule has 0 bridgehead atoms. The number of ketones is 2. The Balaban J connectivity index is 1.73. The molecule has 3 fully saturated rings. The second kappa shape index (κ2) is 4.55. The summed E-state index contributed by atoms with van der Waals surface area (Å²) >= 11 is 0. The number of allylic oxidation sites excluding steroid dienone is 1. The van der Waals surface area contributed by atoms with Crippen molar-refractivity contribution in [2.24, 2.45) is 34.5 Å². The Bertz CT molecular complexity index is 574. The molecule has 0 aromatic carbocycles. The van der Waals surface area contributed by atoms with E-state index in [4.69, 9.17) is 0 Å². The van der Waals surface area contributed by atoms with Crippen molar-refractivity contribution in [2.45, 2.75) is 65.7 Å². The fraction of sp³-hybridized carbons (Fsp3) is 0.800. The molecule has 2 heteroatoms. The standard InChI is InChI=1S/C20H28O2/c1-12-10-17(22)20(3)9-7-16-15(18(12)20)5-4-13-11-14(21)6-8-19(13,16)2/h11-12,15-16,18H,4-10H2,1-3H3. The summed E-state index contributed by atoms with van der Waals surface area (Å²) in [5.74, 6) is 3.35. The summed E-state index contributed by atoms with van der Waals surface area (Å²) in [7, 11) is 0. The van der Waals surface area contributed by atoms with Gasteiger partial charge in [-0.15, -0.1) is 0 Å². The molecule has 0 N–H and O–H groups in total. The van der Waals surface area contributed by atoms with Crippen molar-refractivity contribution in [3.05, 3.63) is 11.6 Å². The lowest BCUT2D eigenvalue weighted by Gasteiger charge is -2.57. The highest BCUT2D eigenvalue weighted by atomic mass is 16.1. The third-order valence-electron chi connectivity index (χ3n) is 7.97. The molecule has 0 aliphatic heterocycles. The zero-order chi connectivity index (χ0) is 15.7. The second-order valence-electron chi connectivity index (χ2n) is 8.95. The summed E-state index contributed by atoms with van der Waals surface area (Å²) in [6.07, 6.45) is 9.04. The first kappa shape index (κ1) is 14.7. The zero-order valence-corrected chi connectivity index (χ0v) is 14.2. The summed E-state index contributed by atoms with van der Waals surface area (Å²) in [5.41, 5.74) is 1.59. The van der Waals surface area contributed by atoms with Crippen LogP contribution in [0.3, 0.4) is 0 Å². The quantitative estimate of drug-likeness (QED) is 0.667. The van der Waals surface area contributed by atoms with Gasteiger partial charge < -0.3 is 0 Å². The van der Waals surface area contributed by atoms with Gasteiger partial charge in [0.1, 0.15) is 5.78 Å². The van der Waals surface area contributed by atoms with E-state index in [1.54, 1.807) is 0 Å². The topological polar surface area (TPSA) is 34.1 Å². The van der Waals surface area contributed by atoms with Crippen molar-refractivity contribution >= 4 is 11.6 Å². The van der Waals surface area contributed by atoms with Crippen molar-refractivity contribution in [3.8, 4) is 0 Å². The summed E-state index contributed by atoms with van der Waals surface area (Å²) in [6, 6.07) is 0.